The molecule has 0 aromatic heterocycles. The molecule has 2 unspecified atom stereocenters. The van der Waals surface area contributed by atoms with Crippen molar-refractivity contribution in [3.05, 3.63) is 0 Å². The van der Waals surface area contributed by atoms with E-state index in [1.165, 1.54) is 38.9 Å². The number of rotatable bonds is 7. The van der Waals surface area contributed by atoms with Crippen molar-refractivity contribution in [3.8, 4) is 0 Å². The highest BCUT2D eigenvalue weighted by molar-refractivity contribution is 4.77. The standard InChI is InChI=1S/C14H28N2O2/c1-15-6-3-4-14(15)12-18-9-8-16-7-5-13(10-16)11-17-2/h13-14H,3-12H2,1-2H3. The zero-order chi connectivity index (χ0) is 12.8. The van der Waals surface area contributed by atoms with Crippen LogP contribution < -0.4 is 0 Å². The van der Waals surface area contributed by atoms with E-state index in [1.54, 1.807) is 7.11 Å². The van der Waals surface area contributed by atoms with Crippen LogP contribution in [0.15, 0.2) is 0 Å². The quantitative estimate of drug-likeness (QED) is 0.636. The van der Waals surface area contributed by atoms with Gasteiger partial charge in [-0.05, 0) is 45.3 Å². The fraction of sp³-hybridized carbons (Fsp3) is 1.00. The fourth-order valence-corrected chi connectivity index (χ4v) is 3.09. The first kappa shape index (κ1) is 14.3. The Kier molecular flexibility index (Phi) is 5.89. The summed E-state index contributed by atoms with van der Waals surface area (Å²) in [5.74, 6) is 0.732. The van der Waals surface area contributed by atoms with Gasteiger partial charge in [-0.15, -0.1) is 0 Å². The second-order valence-electron chi connectivity index (χ2n) is 5.76. The minimum absolute atomic E-state index is 0.657. The summed E-state index contributed by atoms with van der Waals surface area (Å²) in [5.41, 5.74) is 0. The molecule has 4 nitrogen and oxygen atoms in total. The molecular weight excluding hydrogens is 228 g/mol. The summed E-state index contributed by atoms with van der Waals surface area (Å²) in [6.07, 6.45) is 3.91. The highest BCUT2D eigenvalue weighted by Crippen LogP contribution is 2.16. The molecule has 2 heterocycles. The monoisotopic (exact) mass is 256 g/mol. The van der Waals surface area contributed by atoms with Crippen molar-refractivity contribution >= 4 is 0 Å². The van der Waals surface area contributed by atoms with E-state index >= 15 is 0 Å². The van der Waals surface area contributed by atoms with Gasteiger partial charge >= 0.3 is 0 Å². The predicted octanol–water partition coefficient (Wildman–Crippen LogP) is 1.07. The van der Waals surface area contributed by atoms with E-state index in [1.807, 2.05) is 0 Å². The maximum Gasteiger partial charge on any atom is 0.0622 e. The van der Waals surface area contributed by atoms with Crippen LogP contribution in [0.2, 0.25) is 0 Å². The van der Waals surface area contributed by atoms with Crippen LogP contribution in [0, 0.1) is 5.92 Å². The summed E-state index contributed by atoms with van der Waals surface area (Å²) >= 11 is 0. The van der Waals surface area contributed by atoms with E-state index in [0.29, 0.717) is 6.04 Å². The molecule has 4 heteroatoms. The Labute approximate surface area is 111 Å². The van der Waals surface area contributed by atoms with Crippen molar-refractivity contribution in [1.29, 1.82) is 0 Å². The molecule has 0 bridgehead atoms. The lowest BCUT2D eigenvalue weighted by Gasteiger charge is -2.20. The molecule has 2 atom stereocenters. The number of hydrogen-bond acceptors (Lipinski definition) is 4. The van der Waals surface area contributed by atoms with Crippen molar-refractivity contribution in [2.75, 3.05) is 60.2 Å². The molecule has 0 radical (unpaired) electrons. The van der Waals surface area contributed by atoms with Crippen LogP contribution in [0.3, 0.4) is 0 Å². The van der Waals surface area contributed by atoms with E-state index in [-0.39, 0.29) is 0 Å². The van der Waals surface area contributed by atoms with Crippen LogP contribution in [0.4, 0.5) is 0 Å². The Morgan fingerprint density at radius 3 is 2.78 bits per heavy atom. The second-order valence-corrected chi connectivity index (χ2v) is 5.76. The number of likely N-dealkylation sites (N-methyl/N-ethyl adjacent to an activating group) is 1. The van der Waals surface area contributed by atoms with Crippen molar-refractivity contribution in [2.45, 2.75) is 25.3 Å². The molecule has 0 aliphatic carbocycles. The average molecular weight is 256 g/mol. The SMILES string of the molecule is COCC1CCN(CCOCC2CCCN2C)C1. The summed E-state index contributed by atoms with van der Waals surface area (Å²) < 4.78 is 11.0. The first-order valence-corrected chi connectivity index (χ1v) is 7.29. The summed E-state index contributed by atoms with van der Waals surface area (Å²) in [7, 11) is 4.00. The smallest absolute Gasteiger partial charge is 0.0622 e. The maximum atomic E-state index is 5.83. The minimum Gasteiger partial charge on any atom is -0.384 e. The van der Waals surface area contributed by atoms with Crippen LogP contribution in [-0.2, 0) is 9.47 Å². The van der Waals surface area contributed by atoms with Crippen LogP contribution in [0.1, 0.15) is 19.3 Å². The van der Waals surface area contributed by atoms with Gasteiger partial charge in [0.05, 0.1) is 19.8 Å². The van der Waals surface area contributed by atoms with E-state index in [9.17, 15) is 0 Å². The van der Waals surface area contributed by atoms with E-state index in [0.717, 1.165) is 32.3 Å². The largest absolute Gasteiger partial charge is 0.384 e. The Hall–Kier alpha value is -0.160. The highest BCUT2D eigenvalue weighted by atomic mass is 16.5. The number of nitrogens with zero attached hydrogens (tertiary/aromatic N) is 2. The van der Waals surface area contributed by atoms with Crippen LogP contribution in [-0.4, -0.2) is 76.0 Å². The molecule has 2 aliphatic rings. The van der Waals surface area contributed by atoms with Gasteiger partial charge in [0, 0.05) is 26.2 Å². The van der Waals surface area contributed by atoms with Gasteiger partial charge in [-0.1, -0.05) is 0 Å². The van der Waals surface area contributed by atoms with Crippen LogP contribution in [0.25, 0.3) is 0 Å². The Balaban J connectivity index is 1.51. The van der Waals surface area contributed by atoms with Gasteiger partial charge < -0.3 is 19.3 Å². The number of ether oxygens (including phenoxy) is 2. The molecular formula is C14H28N2O2. The zero-order valence-corrected chi connectivity index (χ0v) is 11.9. The number of hydrogen-bond donors (Lipinski definition) is 0. The van der Waals surface area contributed by atoms with Crippen molar-refractivity contribution in [1.82, 2.24) is 9.80 Å². The van der Waals surface area contributed by atoms with Gasteiger partial charge in [0.15, 0.2) is 0 Å². The molecule has 2 aliphatic heterocycles. The van der Waals surface area contributed by atoms with Gasteiger partial charge in [0.1, 0.15) is 0 Å². The zero-order valence-electron chi connectivity index (χ0n) is 11.9. The van der Waals surface area contributed by atoms with Gasteiger partial charge in [-0.2, -0.15) is 0 Å². The first-order valence-electron chi connectivity index (χ1n) is 7.29. The van der Waals surface area contributed by atoms with E-state index < -0.39 is 0 Å². The highest BCUT2D eigenvalue weighted by Gasteiger charge is 2.23. The summed E-state index contributed by atoms with van der Waals surface area (Å²) in [5, 5.41) is 0. The van der Waals surface area contributed by atoms with Crippen molar-refractivity contribution in [2.24, 2.45) is 5.92 Å². The second kappa shape index (κ2) is 7.43. The molecule has 2 fully saturated rings. The molecule has 2 saturated heterocycles. The molecule has 18 heavy (non-hydrogen) atoms. The van der Waals surface area contributed by atoms with E-state index in [4.69, 9.17) is 9.47 Å². The third-order valence-electron chi connectivity index (χ3n) is 4.31. The maximum absolute atomic E-state index is 5.83. The lowest BCUT2D eigenvalue weighted by molar-refractivity contribution is 0.0703. The normalized spacial score (nSPS) is 30.3. The van der Waals surface area contributed by atoms with Gasteiger partial charge in [0.25, 0.3) is 0 Å². The Morgan fingerprint density at radius 2 is 2.06 bits per heavy atom. The summed E-state index contributed by atoms with van der Waals surface area (Å²) in [4.78, 5) is 4.92. The predicted molar refractivity (Wildman–Crippen MR) is 72.9 cm³/mol. The third kappa shape index (κ3) is 4.19. The van der Waals surface area contributed by atoms with Gasteiger partial charge in [0.2, 0.25) is 0 Å². The molecule has 0 amide bonds. The third-order valence-corrected chi connectivity index (χ3v) is 4.31. The first-order chi connectivity index (χ1) is 8.79. The van der Waals surface area contributed by atoms with Crippen LogP contribution in [0.5, 0.6) is 0 Å². The molecule has 0 saturated carbocycles. The molecule has 0 aromatic rings. The lowest BCUT2D eigenvalue weighted by atomic mass is 10.1. The van der Waals surface area contributed by atoms with E-state index in [2.05, 4.69) is 16.8 Å². The number of likely N-dealkylation sites (tertiary alicyclic amines) is 2. The fourth-order valence-electron chi connectivity index (χ4n) is 3.09. The topological polar surface area (TPSA) is 24.9 Å². The van der Waals surface area contributed by atoms with Gasteiger partial charge in [-0.3, -0.25) is 0 Å². The van der Waals surface area contributed by atoms with Crippen LogP contribution >= 0.6 is 0 Å². The Morgan fingerprint density at radius 1 is 1.17 bits per heavy atom. The average Bonchev–Trinajstić information content (AvgIpc) is 2.95. The summed E-state index contributed by atoms with van der Waals surface area (Å²) in [6, 6.07) is 0.657. The molecule has 0 spiro atoms. The van der Waals surface area contributed by atoms with Crippen molar-refractivity contribution < 1.29 is 9.47 Å². The Bertz CT molecular complexity index is 238. The van der Waals surface area contributed by atoms with Crippen molar-refractivity contribution in [3.63, 3.8) is 0 Å². The minimum atomic E-state index is 0.657. The molecule has 0 aromatic carbocycles. The molecule has 0 N–H and O–H groups in total. The summed E-state index contributed by atoms with van der Waals surface area (Å²) in [6.45, 7) is 7.40. The number of methoxy groups -OCH3 is 1. The molecule has 2 rings (SSSR count). The van der Waals surface area contributed by atoms with Gasteiger partial charge in [-0.25, -0.2) is 0 Å². The lowest BCUT2D eigenvalue weighted by Crippen LogP contribution is -2.31. The molecule has 106 valence electrons.